The molecular formula is C8H11KO3S. The molecule has 3 nitrogen and oxygen atoms in total. The van der Waals surface area contributed by atoms with E-state index in [2.05, 4.69) is 4.18 Å². The van der Waals surface area contributed by atoms with Crippen molar-refractivity contribution < 1.29 is 64.3 Å². The third kappa shape index (κ3) is 9.08. The Morgan fingerprint density at radius 1 is 1.23 bits per heavy atom. The third-order valence-electron chi connectivity index (χ3n) is 0.907. The van der Waals surface area contributed by atoms with Crippen molar-refractivity contribution in [1.82, 2.24) is 0 Å². The largest absolute Gasteiger partial charge is 1.00 e. The Morgan fingerprint density at radius 3 is 2.08 bits per heavy atom. The first-order valence-electron chi connectivity index (χ1n) is 3.61. The summed E-state index contributed by atoms with van der Waals surface area (Å²) in [6, 6.07) is 8.30. The molecular weight excluding hydrogens is 215 g/mol. The van der Waals surface area contributed by atoms with Gasteiger partial charge in [0.15, 0.2) is 0 Å². The van der Waals surface area contributed by atoms with Crippen LogP contribution in [0.2, 0.25) is 0 Å². The summed E-state index contributed by atoms with van der Waals surface area (Å²) in [5, 5.41) is 0. The van der Waals surface area contributed by atoms with Gasteiger partial charge in [0.25, 0.3) is 0 Å². The monoisotopic (exact) mass is 226 g/mol. The van der Waals surface area contributed by atoms with Gasteiger partial charge < -0.3 is 8.74 Å². The molecule has 0 aliphatic rings. The molecule has 0 saturated heterocycles. The van der Waals surface area contributed by atoms with Crippen molar-refractivity contribution in [2.75, 3.05) is 0 Å². The molecule has 13 heavy (non-hydrogen) atoms. The fraction of sp³-hybridized carbons (Fsp3) is 0.250. The Hall–Kier alpha value is 0.766. The van der Waals surface area contributed by atoms with E-state index >= 15 is 0 Å². The molecule has 0 aliphatic heterocycles. The van der Waals surface area contributed by atoms with Crippen LogP contribution in [0, 0.1) is 0 Å². The molecule has 1 aromatic rings. The molecule has 0 radical (unpaired) electrons. The van der Waals surface area contributed by atoms with Crippen LogP contribution in [0.1, 0.15) is 13.8 Å². The minimum Gasteiger partial charge on any atom is -0.740 e. The predicted molar refractivity (Wildman–Crippen MR) is 47.3 cm³/mol. The van der Waals surface area contributed by atoms with Gasteiger partial charge in [-0.05, 0) is 12.1 Å². The molecule has 0 heterocycles. The van der Waals surface area contributed by atoms with E-state index in [0.29, 0.717) is 5.75 Å². The average molecular weight is 226 g/mol. The number of rotatable bonds is 2. The van der Waals surface area contributed by atoms with E-state index in [9.17, 15) is 8.76 Å². The zero-order valence-electron chi connectivity index (χ0n) is 8.02. The number of para-hydroxylation sites is 1. The minimum atomic E-state index is -2.47. The molecule has 0 fully saturated rings. The molecule has 1 atom stereocenters. The second-order valence-electron chi connectivity index (χ2n) is 1.60. The van der Waals surface area contributed by atoms with Crippen molar-refractivity contribution in [2.45, 2.75) is 13.8 Å². The van der Waals surface area contributed by atoms with E-state index in [4.69, 9.17) is 0 Å². The fourth-order valence-corrected chi connectivity index (χ4v) is 0.823. The summed E-state index contributed by atoms with van der Waals surface area (Å²) in [5.74, 6) is 0.329. The van der Waals surface area contributed by atoms with Crippen LogP contribution in [0.15, 0.2) is 30.3 Å². The first-order valence-corrected chi connectivity index (χ1v) is 4.61. The SMILES string of the molecule is CC.O=S([O-])Oc1ccccc1.[K+]. The number of hydrogen-bond acceptors (Lipinski definition) is 3. The maximum atomic E-state index is 9.95. The summed E-state index contributed by atoms with van der Waals surface area (Å²) in [5.41, 5.74) is 0. The predicted octanol–water partition coefficient (Wildman–Crippen LogP) is -1.11. The molecule has 0 N–H and O–H groups in total. The van der Waals surface area contributed by atoms with Crippen LogP contribution >= 0.6 is 0 Å². The van der Waals surface area contributed by atoms with Crippen LogP contribution in [0.5, 0.6) is 5.75 Å². The smallest absolute Gasteiger partial charge is 0.740 e. The van der Waals surface area contributed by atoms with E-state index in [1.165, 1.54) is 0 Å². The molecule has 0 aromatic heterocycles. The van der Waals surface area contributed by atoms with E-state index in [0.717, 1.165) is 0 Å². The van der Waals surface area contributed by atoms with Crippen LogP contribution in [0.3, 0.4) is 0 Å². The topological polar surface area (TPSA) is 49.4 Å². The summed E-state index contributed by atoms with van der Waals surface area (Å²) in [7, 11) is 0. The molecule has 1 rings (SSSR count). The summed E-state index contributed by atoms with van der Waals surface area (Å²) in [6.07, 6.45) is 0. The molecule has 68 valence electrons. The van der Waals surface area contributed by atoms with Gasteiger partial charge in [0.05, 0.1) is 0 Å². The Labute approximate surface area is 124 Å². The number of hydrogen-bond donors (Lipinski definition) is 0. The van der Waals surface area contributed by atoms with Crippen LogP contribution in [0.25, 0.3) is 0 Å². The van der Waals surface area contributed by atoms with Crippen molar-refractivity contribution >= 4 is 11.4 Å². The molecule has 0 spiro atoms. The first-order chi connectivity index (χ1) is 5.79. The van der Waals surface area contributed by atoms with Gasteiger partial charge in [0.1, 0.15) is 17.1 Å². The van der Waals surface area contributed by atoms with E-state index in [1.807, 2.05) is 13.8 Å². The number of benzene rings is 1. The summed E-state index contributed by atoms with van der Waals surface area (Å²) in [4.78, 5) is 0. The van der Waals surface area contributed by atoms with Gasteiger partial charge in [-0.15, -0.1) is 0 Å². The summed E-state index contributed by atoms with van der Waals surface area (Å²) < 4.78 is 24.2. The minimum absolute atomic E-state index is 0. The molecule has 0 aliphatic carbocycles. The molecule has 5 heteroatoms. The van der Waals surface area contributed by atoms with Gasteiger partial charge in [-0.2, -0.15) is 0 Å². The maximum Gasteiger partial charge on any atom is 1.00 e. The normalized spacial score (nSPS) is 10.1. The first kappa shape index (κ1) is 16.2. The zero-order chi connectivity index (χ0) is 9.40. The maximum absolute atomic E-state index is 9.95. The van der Waals surface area contributed by atoms with E-state index in [-0.39, 0.29) is 51.4 Å². The Kier molecular flexibility index (Phi) is 13.5. The van der Waals surface area contributed by atoms with Gasteiger partial charge in [0, 0.05) is 0 Å². The quantitative estimate of drug-likeness (QED) is 0.474. The van der Waals surface area contributed by atoms with Crippen molar-refractivity contribution in [3.63, 3.8) is 0 Å². The second-order valence-corrected chi connectivity index (χ2v) is 2.18. The van der Waals surface area contributed by atoms with Crippen LogP contribution in [-0.2, 0) is 11.4 Å². The van der Waals surface area contributed by atoms with Crippen molar-refractivity contribution in [1.29, 1.82) is 0 Å². The van der Waals surface area contributed by atoms with E-state index in [1.54, 1.807) is 30.3 Å². The van der Waals surface area contributed by atoms with Crippen molar-refractivity contribution in [2.24, 2.45) is 0 Å². The van der Waals surface area contributed by atoms with Crippen LogP contribution < -0.4 is 55.6 Å². The Morgan fingerprint density at radius 2 is 1.69 bits per heavy atom. The van der Waals surface area contributed by atoms with Crippen LogP contribution in [-0.4, -0.2) is 8.76 Å². The van der Waals surface area contributed by atoms with Gasteiger partial charge in [-0.1, -0.05) is 32.0 Å². The summed E-state index contributed by atoms with van der Waals surface area (Å²) >= 11 is -2.47. The van der Waals surface area contributed by atoms with Gasteiger partial charge in [-0.25, -0.2) is 4.21 Å². The Bertz CT molecular complexity index is 228. The third-order valence-corrected chi connectivity index (χ3v) is 1.24. The molecule has 0 bridgehead atoms. The van der Waals surface area contributed by atoms with Crippen LogP contribution in [0.4, 0.5) is 0 Å². The Balaban J connectivity index is 0. The average Bonchev–Trinajstić information content (AvgIpc) is 2.08. The van der Waals surface area contributed by atoms with Gasteiger partial charge >= 0.3 is 51.4 Å². The fourth-order valence-electron chi connectivity index (χ4n) is 0.555. The van der Waals surface area contributed by atoms with Crippen molar-refractivity contribution in [3.05, 3.63) is 30.3 Å². The second kappa shape index (κ2) is 10.8. The molecule has 0 saturated carbocycles. The standard InChI is InChI=1S/C6H6O3S.C2H6.K/c7-10(8)9-6-4-2-1-3-5-6;1-2;/h1-5H,(H,7,8);1-2H3;/q;;+1/p-1. The van der Waals surface area contributed by atoms with Gasteiger partial charge in [-0.3, -0.25) is 0 Å². The van der Waals surface area contributed by atoms with Gasteiger partial charge in [0.2, 0.25) is 0 Å². The zero-order valence-corrected chi connectivity index (χ0v) is 12.0. The molecule has 1 unspecified atom stereocenters. The summed E-state index contributed by atoms with van der Waals surface area (Å²) in [6.45, 7) is 4.00. The van der Waals surface area contributed by atoms with Crippen molar-refractivity contribution in [3.8, 4) is 5.75 Å². The molecule has 0 amide bonds. The molecule has 1 aromatic carbocycles. The van der Waals surface area contributed by atoms with E-state index < -0.39 is 11.4 Å².